The monoisotopic (exact) mass is 282 g/mol. The molecule has 1 fully saturated rings. The first-order valence-electron chi connectivity index (χ1n) is 7.22. The first-order chi connectivity index (χ1) is 8.63. The van der Waals surface area contributed by atoms with Crippen molar-refractivity contribution in [1.29, 1.82) is 0 Å². The van der Waals surface area contributed by atoms with Crippen molar-refractivity contribution in [2.24, 2.45) is 11.7 Å². The first-order valence-corrected chi connectivity index (χ1v) is 7.22. The van der Waals surface area contributed by atoms with Gasteiger partial charge in [-0.15, -0.1) is 12.4 Å². The zero-order valence-electron chi connectivity index (χ0n) is 12.1. The number of unbranched alkanes of at least 4 members (excludes halogenated alkanes) is 1. The third kappa shape index (κ3) is 4.12. The number of rotatable bonds is 4. The Morgan fingerprint density at radius 1 is 1.32 bits per heavy atom. The molecule has 0 aromatic heterocycles. The Morgan fingerprint density at radius 2 is 2.00 bits per heavy atom. The summed E-state index contributed by atoms with van der Waals surface area (Å²) in [5.74, 6) is 0.617. The van der Waals surface area contributed by atoms with Crippen LogP contribution in [0.5, 0.6) is 0 Å². The predicted octanol–water partition coefficient (Wildman–Crippen LogP) is 3.84. The zero-order chi connectivity index (χ0) is 13.0. The lowest BCUT2D eigenvalue weighted by atomic mass is 9.77. The highest BCUT2D eigenvalue weighted by atomic mass is 35.5. The second-order valence-electron chi connectivity index (χ2n) is 5.88. The number of hydrogen-bond donors (Lipinski definition) is 1. The lowest BCUT2D eigenvalue weighted by Crippen LogP contribution is -2.55. The van der Waals surface area contributed by atoms with E-state index in [-0.39, 0.29) is 17.9 Å². The van der Waals surface area contributed by atoms with Crippen LogP contribution in [0, 0.1) is 5.92 Å². The number of hydrogen-bond acceptors (Lipinski definition) is 2. The normalized spacial score (nSPS) is 26.9. The van der Waals surface area contributed by atoms with E-state index in [2.05, 4.69) is 49.1 Å². The Balaban J connectivity index is 0.00000180. The molecule has 1 aliphatic rings. The van der Waals surface area contributed by atoms with Gasteiger partial charge in [-0.05, 0) is 37.8 Å². The fourth-order valence-corrected chi connectivity index (χ4v) is 2.89. The van der Waals surface area contributed by atoms with Crippen LogP contribution in [0.2, 0.25) is 0 Å². The molecule has 2 N–H and O–H groups in total. The van der Waals surface area contributed by atoms with Crippen molar-refractivity contribution in [2.45, 2.75) is 45.1 Å². The average Bonchev–Trinajstić information content (AvgIpc) is 2.38. The van der Waals surface area contributed by atoms with Gasteiger partial charge in [0.25, 0.3) is 0 Å². The minimum Gasteiger partial charge on any atom is -0.371 e. The molecule has 2 nitrogen and oxygen atoms in total. The van der Waals surface area contributed by atoms with Crippen molar-refractivity contribution in [3.8, 4) is 0 Å². The second-order valence-corrected chi connectivity index (χ2v) is 5.88. The summed E-state index contributed by atoms with van der Waals surface area (Å²) in [7, 11) is 0. The van der Waals surface area contributed by atoms with Crippen LogP contribution in [0.1, 0.15) is 39.5 Å². The lowest BCUT2D eigenvalue weighted by molar-refractivity contribution is 0.229. The van der Waals surface area contributed by atoms with Crippen LogP contribution in [0.25, 0.3) is 0 Å². The maximum Gasteiger partial charge on any atom is 0.0366 e. The molecule has 0 unspecified atom stereocenters. The van der Waals surface area contributed by atoms with E-state index in [1.807, 2.05) is 0 Å². The van der Waals surface area contributed by atoms with E-state index >= 15 is 0 Å². The van der Waals surface area contributed by atoms with Gasteiger partial charge in [0.05, 0.1) is 0 Å². The van der Waals surface area contributed by atoms with E-state index in [9.17, 15) is 0 Å². The van der Waals surface area contributed by atoms with E-state index in [0.29, 0.717) is 5.92 Å². The summed E-state index contributed by atoms with van der Waals surface area (Å²) in [5, 5.41) is 0. The molecule has 2 atom stereocenters. The molecule has 0 aliphatic carbocycles. The smallest absolute Gasteiger partial charge is 0.0366 e. The number of piperidine rings is 1. The standard InChI is InChI=1S/C16H26N2.ClH/c1-3-4-8-14-13-18(12-11-16(14,2)17)15-9-6-5-7-10-15;/h5-7,9-10,14H,3-4,8,11-13,17H2,1-2H3;1H/t14-,16-;/m0./s1. The first kappa shape index (κ1) is 16.3. The van der Waals surface area contributed by atoms with Crippen molar-refractivity contribution in [1.82, 2.24) is 0 Å². The summed E-state index contributed by atoms with van der Waals surface area (Å²) >= 11 is 0. The largest absolute Gasteiger partial charge is 0.371 e. The third-order valence-electron chi connectivity index (χ3n) is 4.32. The molecule has 0 saturated carbocycles. The van der Waals surface area contributed by atoms with Crippen LogP contribution in [-0.4, -0.2) is 18.6 Å². The van der Waals surface area contributed by atoms with Gasteiger partial charge < -0.3 is 10.6 Å². The summed E-state index contributed by atoms with van der Waals surface area (Å²) in [6.45, 7) is 6.68. The lowest BCUT2D eigenvalue weighted by Gasteiger charge is -2.45. The molecule has 0 bridgehead atoms. The van der Waals surface area contributed by atoms with Crippen LogP contribution >= 0.6 is 12.4 Å². The van der Waals surface area contributed by atoms with E-state index in [1.54, 1.807) is 0 Å². The summed E-state index contributed by atoms with van der Waals surface area (Å²) in [6, 6.07) is 10.7. The maximum atomic E-state index is 6.48. The topological polar surface area (TPSA) is 29.3 Å². The van der Waals surface area contributed by atoms with Crippen LogP contribution in [-0.2, 0) is 0 Å². The van der Waals surface area contributed by atoms with Gasteiger partial charge in [-0.3, -0.25) is 0 Å². The Morgan fingerprint density at radius 3 is 2.63 bits per heavy atom. The Hall–Kier alpha value is -0.730. The number of para-hydroxylation sites is 1. The Kier molecular flexibility index (Phi) is 6.15. The van der Waals surface area contributed by atoms with E-state index < -0.39 is 0 Å². The van der Waals surface area contributed by atoms with Crippen molar-refractivity contribution < 1.29 is 0 Å². The van der Waals surface area contributed by atoms with E-state index in [0.717, 1.165) is 19.5 Å². The Labute approximate surface area is 123 Å². The molecule has 0 radical (unpaired) electrons. The Bertz CT molecular complexity index is 364. The minimum absolute atomic E-state index is 0. The second kappa shape index (κ2) is 7.16. The number of nitrogens with zero attached hydrogens (tertiary/aromatic N) is 1. The number of anilines is 1. The van der Waals surface area contributed by atoms with Gasteiger partial charge in [0.2, 0.25) is 0 Å². The summed E-state index contributed by atoms with van der Waals surface area (Å²) in [6.07, 6.45) is 4.90. The van der Waals surface area contributed by atoms with Crippen LogP contribution in [0.3, 0.4) is 0 Å². The molecule has 3 heteroatoms. The fraction of sp³-hybridized carbons (Fsp3) is 0.625. The number of nitrogens with two attached hydrogens (primary N) is 1. The average molecular weight is 283 g/mol. The maximum absolute atomic E-state index is 6.48. The van der Waals surface area contributed by atoms with Crippen LogP contribution in [0.4, 0.5) is 5.69 Å². The molecule has 0 spiro atoms. The molecule has 108 valence electrons. The van der Waals surface area contributed by atoms with E-state index in [4.69, 9.17) is 5.73 Å². The molecule has 1 saturated heterocycles. The zero-order valence-corrected chi connectivity index (χ0v) is 13.0. The molecule has 1 heterocycles. The molecular weight excluding hydrogens is 256 g/mol. The number of halogens is 1. The van der Waals surface area contributed by atoms with Crippen molar-refractivity contribution >= 4 is 18.1 Å². The van der Waals surface area contributed by atoms with Crippen molar-refractivity contribution in [3.05, 3.63) is 30.3 Å². The van der Waals surface area contributed by atoms with E-state index in [1.165, 1.54) is 24.9 Å². The molecule has 2 rings (SSSR count). The highest BCUT2D eigenvalue weighted by Crippen LogP contribution is 2.31. The SMILES string of the molecule is CCCC[C@H]1CN(c2ccccc2)CC[C@]1(C)N.Cl. The van der Waals surface area contributed by atoms with Gasteiger partial charge in [0.15, 0.2) is 0 Å². The molecule has 1 aromatic carbocycles. The number of benzene rings is 1. The van der Waals surface area contributed by atoms with Gasteiger partial charge in [0, 0.05) is 24.3 Å². The highest BCUT2D eigenvalue weighted by Gasteiger charge is 2.35. The summed E-state index contributed by atoms with van der Waals surface area (Å²) in [5.41, 5.74) is 7.83. The third-order valence-corrected chi connectivity index (χ3v) is 4.32. The predicted molar refractivity (Wildman–Crippen MR) is 86.1 cm³/mol. The minimum atomic E-state index is 0. The van der Waals surface area contributed by atoms with Gasteiger partial charge in [-0.1, -0.05) is 38.0 Å². The molecule has 19 heavy (non-hydrogen) atoms. The van der Waals surface area contributed by atoms with Crippen molar-refractivity contribution in [3.63, 3.8) is 0 Å². The highest BCUT2D eigenvalue weighted by molar-refractivity contribution is 5.85. The molecule has 1 aliphatic heterocycles. The van der Waals surface area contributed by atoms with Gasteiger partial charge >= 0.3 is 0 Å². The van der Waals surface area contributed by atoms with Crippen molar-refractivity contribution in [2.75, 3.05) is 18.0 Å². The summed E-state index contributed by atoms with van der Waals surface area (Å²) in [4.78, 5) is 2.49. The molecule has 1 aromatic rings. The molecular formula is C16H27ClN2. The van der Waals surface area contributed by atoms with Gasteiger partial charge in [-0.25, -0.2) is 0 Å². The quantitative estimate of drug-likeness (QED) is 0.909. The van der Waals surface area contributed by atoms with Crippen LogP contribution < -0.4 is 10.6 Å². The molecule has 0 amide bonds. The fourth-order valence-electron chi connectivity index (χ4n) is 2.89. The van der Waals surface area contributed by atoms with Gasteiger partial charge in [0.1, 0.15) is 0 Å². The van der Waals surface area contributed by atoms with Gasteiger partial charge in [-0.2, -0.15) is 0 Å². The van der Waals surface area contributed by atoms with Crippen LogP contribution in [0.15, 0.2) is 30.3 Å². The summed E-state index contributed by atoms with van der Waals surface area (Å²) < 4.78 is 0.